The number of rotatable bonds is 5. The SMILES string of the molecule is COc1cccc([C@@H](CCO)N2CCNCC2)c1. The van der Waals surface area contributed by atoms with Gasteiger partial charge in [-0.3, -0.25) is 4.90 Å². The molecule has 1 aliphatic rings. The summed E-state index contributed by atoms with van der Waals surface area (Å²) in [6.07, 6.45) is 0.771. The van der Waals surface area contributed by atoms with Crippen LogP contribution in [0.4, 0.5) is 0 Å². The molecule has 2 rings (SSSR count). The zero-order valence-electron chi connectivity index (χ0n) is 10.9. The van der Waals surface area contributed by atoms with Gasteiger partial charge in [-0.1, -0.05) is 12.1 Å². The number of piperazine rings is 1. The average Bonchev–Trinajstić information content (AvgIpc) is 2.46. The molecule has 1 atom stereocenters. The van der Waals surface area contributed by atoms with E-state index < -0.39 is 0 Å². The lowest BCUT2D eigenvalue weighted by Gasteiger charge is -2.35. The molecule has 1 heterocycles. The molecular weight excluding hydrogens is 228 g/mol. The number of nitrogens with one attached hydrogen (secondary N) is 1. The molecule has 4 heteroatoms. The van der Waals surface area contributed by atoms with Crippen molar-refractivity contribution in [1.29, 1.82) is 0 Å². The van der Waals surface area contributed by atoms with Crippen LogP contribution >= 0.6 is 0 Å². The van der Waals surface area contributed by atoms with E-state index in [0.29, 0.717) is 0 Å². The molecule has 1 saturated heterocycles. The molecule has 100 valence electrons. The highest BCUT2D eigenvalue weighted by molar-refractivity contribution is 5.30. The Morgan fingerprint density at radius 1 is 1.39 bits per heavy atom. The highest BCUT2D eigenvalue weighted by Gasteiger charge is 2.21. The van der Waals surface area contributed by atoms with Gasteiger partial charge in [0.25, 0.3) is 0 Å². The second-order valence-electron chi connectivity index (χ2n) is 4.59. The van der Waals surface area contributed by atoms with E-state index in [2.05, 4.69) is 22.3 Å². The smallest absolute Gasteiger partial charge is 0.119 e. The first-order valence-corrected chi connectivity index (χ1v) is 6.54. The highest BCUT2D eigenvalue weighted by Crippen LogP contribution is 2.27. The third kappa shape index (κ3) is 3.22. The Hall–Kier alpha value is -1.10. The Morgan fingerprint density at radius 3 is 2.83 bits per heavy atom. The normalized spacial score (nSPS) is 18.6. The minimum absolute atomic E-state index is 0.214. The molecule has 0 saturated carbocycles. The number of aliphatic hydroxyl groups is 1. The first-order chi connectivity index (χ1) is 8.85. The molecule has 18 heavy (non-hydrogen) atoms. The Kier molecular flexibility index (Phi) is 4.99. The van der Waals surface area contributed by atoms with Crippen LogP contribution in [-0.4, -0.2) is 49.9 Å². The lowest BCUT2D eigenvalue weighted by Crippen LogP contribution is -2.45. The van der Waals surface area contributed by atoms with Gasteiger partial charge in [-0.2, -0.15) is 0 Å². The van der Waals surface area contributed by atoms with Gasteiger partial charge in [-0.15, -0.1) is 0 Å². The van der Waals surface area contributed by atoms with Crippen LogP contribution in [-0.2, 0) is 0 Å². The molecule has 1 aromatic rings. The quantitative estimate of drug-likeness (QED) is 0.819. The van der Waals surface area contributed by atoms with Crippen LogP contribution in [0, 0.1) is 0 Å². The van der Waals surface area contributed by atoms with E-state index >= 15 is 0 Å². The van der Waals surface area contributed by atoms with Gasteiger partial charge in [0.15, 0.2) is 0 Å². The van der Waals surface area contributed by atoms with Crippen molar-refractivity contribution in [3.05, 3.63) is 29.8 Å². The summed E-state index contributed by atoms with van der Waals surface area (Å²) in [7, 11) is 1.69. The summed E-state index contributed by atoms with van der Waals surface area (Å²) in [6, 6.07) is 8.44. The van der Waals surface area contributed by atoms with Gasteiger partial charge in [0.05, 0.1) is 7.11 Å². The fraction of sp³-hybridized carbons (Fsp3) is 0.571. The number of benzene rings is 1. The van der Waals surface area contributed by atoms with Crippen LogP contribution in [0.25, 0.3) is 0 Å². The van der Waals surface area contributed by atoms with E-state index in [-0.39, 0.29) is 12.6 Å². The second-order valence-corrected chi connectivity index (χ2v) is 4.59. The summed E-state index contributed by atoms with van der Waals surface area (Å²) >= 11 is 0. The number of hydrogen-bond donors (Lipinski definition) is 2. The van der Waals surface area contributed by atoms with Gasteiger partial charge in [0, 0.05) is 38.8 Å². The van der Waals surface area contributed by atoms with Crippen molar-refractivity contribution in [2.75, 3.05) is 39.9 Å². The van der Waals surface area contributed by atoms with Crippen LogP contribution in [0.5, 0.6) is 5.75 Å². The van der Waals surface area contributed by atoms with Crippen molar-refractivity contribution in [3.63, 3.8) is 0 Å². The molecule has 0 spiro atoms. The Labute approximate surface area is 109 Å². The molecule has 0 unspecified atom stereocenters. The maximum Gasteiger partial charge on any atom is 0.119 e. The zero-order chi connectivity index (χ0) is 12.8. The Morgan fingerprint density at radius 2 is 2.17 bits per heavy atom. The number of aliphatic hydroxyl groups excluding tert-OH is 1. The van der Waals surface area contributed by atoms with Gasteiger partial charge < -0.3 is 15.2 Å². The van der Waals surface area contributed by atoms with Gasteiger partial charge in [0.1, 0.15) is 5.75 Å². The van der Waals surface area contributed by atoms with Crippen LogP contribution in [0.15, 0.2) is 24.3 Å². The van der Waals surface area contributed by atoms with Crippen LogP contribution in [0.1, 0.15) is 18.0 Å². The number of ether oxygens (including phenoxy) is 1. The molecule has 0 aromatic heterocycles. The fourth-order valence-electron chi connectivity index (χ4n) is 2.52. The number of methoxy groups -OCH3 is 1. The molecule has 0 aliphatic carbocycles. The van der Waals surface area contributed by atoms with Gasteiger partial charge in [-0.05, 0) is 24.1 Å². The summed E-state index contributed by atoms with van der Waals surface area (Å²) in [5.41, 5.74) is 1.23. The van der Waals surface area contributed by atoms with Crippen LogP contribution in [0.3, 0.4) is 0 Å². The van der Waals surface area contributed by atoms with Gasteiger partial charge >= 0.3 is 0 Å². The van der Waals surface area contributed by atoms with Crippen molar-refractivity contribution >= 4 is 0 Å². The molecule has 0 amide bonds. The van der Waals surface area contributed by atoms with E-state index in [1.54, 1.807) is 7.11 Å². The maximum atomic E-state index is 9.28. The lowest BCUT2D eigenvalue weighted by molar-refractivity contribution is 0.141. The minimum Gasteiger partial charge on any atom is -0.497 e. The molecule has 1 aliphatic heterocycles. The molecule has 2 N–H and O–H groups in total. The monoisotopic (exact) mass is 250 g/mol. The van der Waals surface area contributed by atoms with E-state index in [0.717, 1.165) is 38.3 Å². The summed E-state index contributed by atoms with van der Waals surface area (Å²) < 4.78 is 5.28. The molecule has 1 aromatic carbocycles. The molecule has 4 nitrogen and oxygen atoms in total. The van der Waals surface area contributed by atoms with Crippen LogP contribution in [0.2, 0.25) is 0 Å². The summed E-state index contributed by atoms with van der Waals surface area (Å²) in [4.78, 5) is 2.43. The average molecular weight is 250 g/mol. The molecule has 0 radical (unpaired) electrons. The van der Waals surface area contributed by atoms with E-state index in [1.165, 1.54) is 5.56 Å². The van der Waals surface area contributed by atoms with Crippen molar-refractivity contribution in [2.24, 2.45) is 0 Å². The minimum atomic E-state index is 0.214. The first-order valence-electron chi connectivity index (χ1n) is 6.54. The molecule has 1 fully saturated rings. The first kappa shape index (κ1) is 13.3. The fourth-order valence-corrected chi connectivity index (χ4v) is 2.52. The van der Waals surface area contributed by atoms with E-state index in [9.17, 15) is 5.11 Å². The van der Waals surface area contributed by atoms with Crippen molar-refractivity contribution < 1.29 is 9.84 Å². The number of nitrogens with zero attached hydrogens (tertiary/aromatic N) is 1. The van der Waals surface area contributed by atoms with Crippen molar-refractivity contribution in [3.8, 4) is 5.75 Å². The second kappa shape index (κ2) is 6.73. The molecule has 0 bridgehead atoms. The lowest BCUT2D eigenvalue weighted by atomic mass is 10.0. The van der Waals surface area contributed by atoms with Crippen LogP contribution < -0.4 is 10.1 Å². The van der Waals surface area contributed by atoms with E-state index in [4.69, 9.17) is 4.74 Å². The highest BCUT2D eigenvalue weighted by atomic mass is 16.5. The predicted octanol–water partition coefficient (Wildman–Crippen LogP) is 1.02. The maximum absolute atomic E-state index is 9.28. The summed E-state index contributed by atoms with van der Waals surface area (Å²) in [5, 5.41) is 12.6. The third-order valence-corrected chi connectivity index (χ3v) is 3.47. The topological polar surface area (TPSA) is 44.7 Å². The standard InChI is InChI=1S/C14H22N2O2/c1-18-13-4-2-3-12(11-13)14(5-10-17)16-8-6-15-7-9-16/h2-4,11,14-15,17H,5-10H2,1H3/t14-/m1/s1. The Bertz CT molecular complexity index is 365. The Balaban J connectivity index is 2.16. The van der Waals surface area contributed by atoms with Crippen molar-refractivity contribution in [2.45, 2.75) is 12.5 Å². The van der Waals surface area contributed by atoms with Gasteiger partial charge in [0.2, 0.25) is 0 Å². The van der Waals surface area contributed by atoms with Crippen molar-refractivity contribution in [1.82, 2.24) is 10.2 Å². The third-order valence-electron chi connectivity index (χ3n) is 3.47. The number of hydrogen-bond acceptors (Lipinski definition) is 4. The summed E-state index contributed by atoms with van der Waals surface area (Å²) in [5.74, 6) is 0.880. The summed E-state index contributed by atoms with van der Waals surface area (Å²) in [6.45, 7) is 4.31. The van der Waals surface area contributed by atoms with Gasteiger partial charge in [-0.25, -0.2) is 0 Å². The predicted molar refractivity (Wildman–Crippen MR) is 71.9 cm³/mol. The molecular formula is C14H22N2O2. The largest absolute Gasteiger partial charge is 0.497 e. The zero-order valence-corrected chi connectivity index (χ0v) is 10.9. The van der Waals surface area contributed by atoms with E-state index in [1.807, 2.05) is 12.1 Å².